The number of rotatable bonds is 14. The first-order chi connectivity index (χ1) is 16.9. The number of unbranched alkanes of at least 4 members (excludes halogenated alkanes) is 1. The Bertz CT molecular complexity index is 1100. The summed E-state index contributed by atoms with van der Waals surface area (Å²) in [6, 6.07) is 11.2. The highest BCUT2D eigenvalue weighted by Gasteiger charge is 2.17. The van der Waals surface area contributed by atoms with Crippen molar-refractivity contribution in [3.63, 3.8) is 0 Å². The molecule has 0 spiro atoms. The highest BCUT2D eigenvalue weighted by atomic mass is 32.1. The first-order valence-corrected chi connectivity index (χ1v) is 13.1. The van der Waals surface area contributed by atoms with E-state index in [1.165, 1.54) is 22.8 Å². The molecule has 0 radical (unpaired) electrons. The van der Waals surface area contributed by atoms with E-state index in [0.29, 0.717) is 18.7 Å². The maximum atomic E-state index is 14.3. The van der Waals surface area contributed by atoms with E-state index in [4.69, 9.17) is 5.11 Å². The van der Waals surface area contributed by atoms with E-state index < -0.39 is 5.97 Å². The molecule has 0 atom stereocenters. The summed E-state index contributed by atoms with van der Waals surface area (Å²) >= 11 is 1.55. The first-order valence-electron chi connectivity index (χ1n) is 12.2. The third-order valence-electron chi connectivity index (χ3n) is 6.02. The van der Waals surface area contributed by atoms with E-state index in [1.54, 1.807) is 17.4 Å². The standard InChI is InChI=1S/C27H35FN4O2S/c1-4-5-15-32(18-21-9-6-7-11-24(21)28)27-31-30-26(35-27)22-16-19(2)23(20(3)17-22)10-8-13-29-14-12-25(33)34/h6-7,9,11,16-17,29H,4-5,8,10,12-15,18H2,1-3H3,(H,33,34). The van der Waals surface area contributed by atoms with Crippen molar-refractivity contribution in [2.45, 2.75) is 59.4 Å². The van der Waals surface area contributed by atoms with E-state index in [2.05, 4.69) is 53.3 Å². The van der Waals surface area contributed by atoms with E-state index in [0.717, 1.165) is 54.5 Å². The Labute approximate surface area is 211 Å². The zero-order valence-electron chi connectivity index (χ0n) is 20.8. The molecule has 0 aliphatic rings. The molecule has 0 unspecified atom stereocenters. The van der Waals surface area contributed by atoms with Crippen molar-refractivity contribution >= 4 is 22.4 Å². The number of nitrogens with zero attached hydrogens (tertiary/aromatic N) is 3. The summed E-state index contributed by atoms with van der Waals surface area (Å²) in [5.74, 6) is -0.974. The average Bonchev–Trinajstić information content (AvgIpc) is 3.31. The molecule has 0 fully saturated rings. The molecule has 0 saturated carbocycles. The highest BCUT2D eigenvalue weighted by Crippen LogP contribution is 2.32. The summed E-state index contributed by atoms with van der Waals surface area (Å²) < 4.78 is 14.3. The highest BCUT2D eigenvalue weighted by molar-refractivity contribution is 7.18. The lowest BCUT2D eigenvalue weighted by Crippen LogP contribution is -2.24. The van der Waals surface area contributed by atoms with E-state index in [9.17, 15) is 9.18 Å². The van der Waals surface area contributed by atoms with E-state index in [1.807, 2.05) is 12.1 Å². The van der Waals surface area contributed by atoms with Crippen LogP contribution in [0.3, 0.4) is 0 Å². The second-order valence-corrected chi connectivity index (χ2v) is 9.80. The van der Waals surface area contributed by atoms with Crippen LogP contribution in [0.2, 0.25) is 0 Å². The van der Waals surface area contributed by atoms with Crippen LogP contribution in [0, 0.1) is 19.7 Å². The minimum absolute atomic E-state index is 0.146. The Kier molecular flexibility index (Phi) is 10.2. The van der Waals surface area contributed by atoms with Crippen LogP contribution in [0.1, 0.15) is 54.9 Å². The topological polar surface area (TPSA) is 78.4 Å². The SMILES string of the molecule is CCCCN(Cc1ccccc1F)c1nnc(-c2cc(C)c(CCCNCCC(=O)O)c(C)c2)s1. The molecule has 3 rings (SSSR count). The van der Waals surface area contributed by atoms with Crippen LogP contribution in [-0.4, -0.2) is 40.9 Å². The van der Waals surface area contributed by atoms with Gasteiger partial charge in [0.1, 0.15) is 10.8 Å². The number of carbonyl (C=O) groups is 1. The zero-order valence-corrected chi connectivity index (χ0v) is 21.6. The number of halogens is 1. The molecule has 35 heavy (non-hydrogen) atoms. The van der Waals surface area contributed by atoms with Gasteiger partial charge in [-0.05, 0) is 74.5 Å². The maximum absolute atomic E-state index is 14.3. The number of benzene rings is 2. The van der Waals surface area contributed by atoms with Crippen LogP contribution in [0.15, 0.2) is 36.4 Å². The second-order valence-electron chi connectivity index (χ2n) is 8.84. The fourth-order valence-corrected chi connectivity index (χ4v) is 4.96. The van der Waals surface area contributed by atoms with Crippen LogP contribution < -0.4 is 10.2 Å². The molecule has 2 N–H and O–H groups in total. The molecular weight excluding hydrogens is 463 g/mol. The van der Waals surface area contributed by atoms with Gasteiger partial charge in [-0.15, -0.1) is 10.2 Å². The summed E-state index contributed by atoms with van der Waals surface area (Å²) in [6.45, 7) is 8.96. The van der Waals surface area contributed by atoms with Gasteiger partial charge in [-0.2, -0.15) is 0 Å². The largest absolute Gasteiger partial charge is 0.481 e. The number of hydrogen-bond acceptors (Lipinski definition) is 6. The summed E-state index contributed by atoms with van der Waals surface area (Å²) in [5, 5.41) is 22.5. The Balaban J connectivity index is 1.70. The van der Waals surface area contributed by atoms with Crippen molar-refractivity contribution < 1.29 is 14.3 Å². The van der Waals surface area contributed by atoms with Gasteiger partial charge in [-0.1, -0.05) is 42.9 Å². The fourth-order valence-electron chi connectivity index (χ4n) is 4.11. The predicted molar refractivity (Wildman–Crippen MR) is 141 cm³/mol. The van der Waals surface area contributed by atoms with Crippen molar-refractivity contribution in [1.82, 2.24) is 15.5 Å². The van der Waals surface area contributed by atoms with Gasteiger partial charge < -0.3 is 15.3 Å². The number of carboxylic acid groups (broad SMARTS) is 1. The number of aryl methyl sites for hydroxylation is 2. The summed E-state index contributed by atoms with van der Waals surface area (Å²) in [7, 11) is 0. The zero-order chi connectivity index (χ0) is 25.2. The maximum Gasteiger partial charge on any atom is 0.304 e. The van der Waals surface area contributed by atoms with Crippen molar-refractivity contribution in [2.75, 3.05) is 24.5 Å². The predicted octanol–water partition coefficient (Wildman–Crippen LogP) is 5.76. The molecule has 8 heteroatoms. The van der Waals surface area contributed by atoms with Gasteiger partial charge in [-0.3, -0.25) is 4.79 Å². The number of anilines is 1. The minimum atomic E-state index is -0.777. The molecule has 0 bridgehead atoms. The lowest BCUT2D eigenvalue weighted by Gasteiger charge is -2.21. The molecule has 188 valence electrons. The summed E-state index contributed by atoms with van der Waals surface area (Å²) in [4.78, 5) is 12.7. The third kappa shape index (κ3) is 7.83. The smallest absolute Gasteiger partial charge is 0.304 e. The molecular formula is C27H35FN4O2S. The van der Waals surface area contributed by atoms with Crippen molar-refractivity contribution in [3.05, 3.63) is 64.5 Å². The number of hydrogen-bond donors (Lipinski definition) is 2. The summed E-state index contributed by atoms with van der Waals surface area (Å²) in [6.07, 6.45) is 4.08. The number of aliphatic carboxylic acids is 1. The Morgan fingerprint density at radius 1 is 1.11 bits per heavy atom. The van der Waals surface area contributed by atoms with Gasteiger partial charge in [-0.25, -0.2) is 4.39 Å². The molecule has 0 aliphatic carbocycles. The quantitative estimate of drug-likeness (QED) is 0.275. The molecule has 1 heterocycles. The Morgan fingerprint density at radius 2 is 1.86 bits per heavy atom. The molecule has 2 aromatic carbocycles. The van der Waals surface area contributed by atoms with Gasteiger partial charge in [0.05, 0.1) is 6.42 Å². The number of aromatic nitrogens is 2. The van der Waals surface area contributed by atoms with Crippen molar-refractivity contribution in [3.8, 4) is 10.6 Å². The minimum Gasteiger partial charge on any atom is -0.481 e. The van der Waals surface area contributed by atoms with Gasteiger partial charge in [0.2, 0.25) is 5.13 Å². The van der Waals surface area contributed by atoms with E-state index in [-0.39, 0.29) is 12.2 Å². The molecule has 0 saturated heterocycles. The third-order valence-corrected chi connectivity index (χ3v) is 7.06. The molecule has 0 aliphatic heterocycles. The molecule has 1 aromatic heterocycles. The average molecular weight is 499 g/mol. The van der Waals surface area contributed by atoms with Crippen molar-refractivity contribution in [1.29, 1.82) is 0 Å². The normalized spacial score (nSPS) is 11.1. The molecule has 3 aromatic rings. The van der Waals surface area contributed by atoms with Crippen LogP contribution in [0.4, 0.5) is 9.52 Å². The second kappa shape index (κ2) is 13.3. The Morgan fingerprint density at radius 3 is 2.54 bits per heavy atom. The number of carboxylic acids is 1. The van der Waals surface area contributed by atoms with Gasteiger partial charge in [0.25, 0.3) is 0 Å². The lowest BCUT2D eigenvalue weighted by atomic mass is 9.96. The van der Waals surface area contributed by atoms with Gasteiger partial charge >= 0.3 is 5.97 Å². The molecule has 6 nitrogen and oxygen atoms in total. The first kappa shape index (κ1) is 26.8. The monoisotopic (exact) mass is 498 g/mol. The summed E-state index contributed by atoms with van der Waals surface area (Å²) in [5.41, 5.74) is 5.47. The van der Waals surface area contributed by atoms with Crippen LogP contribution in [0.5, 0.6) is 0 Å². The van der Waals surface area contributed by atoms with E-state index >= 15 is 0 Å². The van der Waals surface area contributed by atoms with Crippen molar-refractivity contribution in [2.24, 2.45) is 0 Å². The Hall–Kier alpha value is -2.84. The van der Waals surface area contributed by atoms with Gasteiger partial charge in [0, 0.05) is 30.8 Å². The van der Waals surface area contributed by atoms with Gasteiger partial charge in [0.15, 0.2) is 0 Å². The van der Waals surface area contributed by atoms with Crippen LogP contribution in [-0.2, 0) is 17.8 Å². The van der Waals surface area contributed by atoms with Crippen LogP contribution in [0.25, 0.3) is 10.6 Å². The fraction of sp³-hybridized carbons (Fsp3) is 0.444. The lowest BCUT2D eigenvalue weighted by molar-refractivity contribution is -0.136. The molecule has 0 amide bonds. The number of nitrogens with one attached hydrogen (secondary N) is 1. The van der Waals surface area contributed by atoms with Crippen LogP contribution >= 0.6 is 11.3 Å².